The lowest BCUT2D eigenvalue weighted by molar-refractivity contribution is -0.167. The molecule has 0 spiro atoms. The lowest BCUT2D eigenvalue weighted by Crippen LogP contribution is -2.30. The van der Waals surface area contributed by atoms with Crippen LogP contribution in [0.5, 0.6) is 0 Å². The van der Waals surface area contributed by atoms with Crippen LogP contribution in [0.1, 0.15) is 271 Å². The van der Waals surface area contributed by atoms with Gasteiger partial charge in [-0.25, -0.2) is 0 Å². The Morgan fingerprint density at radius 1 is 0.269 bits per heavy atom. The maximum absolute atomic E-state index is 12.9. The van der Waals surface area contributed by atoms with E-state index in [1.807, 2.05) is 0 Å². The minimum Gasteiger partial charge on any atom is -0.462 e. The minimum absolute atomic E-state index is 0.113. The molecule has 0 rings (SSSR count). The number of hydrogen-bond donors (Lipinski definition) is 0. The molecule has 0 fully saturated rings. The lowest BCUT2D eigenvalue weighted by atomic mass is 10.0. The largest absolute Gasteiger partial charge is 0.462 e. The second-order valence-corrected chi connectivity index (χ2v) is 20.6. The van der Waals surface area contributed by atoms with Crippen LogP contribution in [0.3, 0.4) is 0 Å². The molecule has 0 bridgehead atoms. The average molecular weight is 1080 g/mol. The Kier molecular flexibility index (Phi) is 60.9. The molecule has 78 heavy (non-hydrogen) atoms. The van der Waals surface area contributed by atoms with E-state index in [-0.39, 0.29) is 44.0 Å². The number of carbonyl (C=O) groups excluding carboxylic acids is 3. The van der Waals surface area contributed by atoms with Gasteiger partial charge in [0.1, 0.15) is 13.2 Å². The molecular weight excluding hydrogens is 961 g/mol. The Hall–Kier alpha value is -4.71. The molecule has 0 aliphatic heterocycles. The summed E-state index contributed by atoms with van der Waals surface area (Å²) in [6.07, 6.45) is 92.8. The summed E-state index contributed by atoms with van der Waals surface area (Å²) in [5.41, 5.74) is 0. The summed E-state index contributed by atoms with van der Waals surface area (Å²) >= 11 is 0. The van der Waals surface area contributed by atoms with Crippen LogP contribution in [0.25, 0.3) is 0 Å². The summed E-state index contributed by atoms with van der Waals surface area (Å²) < 4.78 is 16.9. The third kappa shape index (κ3) is 62.1. The number of carbonyl (C=O) groups is 3. The van der Waals surface area contributed by atoms with Crippen molar-refractivity contribution in [3.63, 3.8) is 0 Å². The molecule has 0 aromatic carbocycles. The fraction of sp³-hybridized carbons (Fsp3) is 0.625. The molecule has 6 nitrogen and oxygen atoms in total. The van der Waals surface area contributed by atoms with Gasteiger partial charge in [-0.05, 0) is 122 Å². The first-order valence-electron chi connectivity index (χ1n) is 31.8. The molecular formula is C72H116O6. The fourth-order valence-corrected chi connectivity index (χ4v) is 8.39. The molecule has 6 heteroatoms. The Morgan fingerprint density at radius 2 is 0.500 bits per heavy atom. The quantitative estimate of drug-likeness (QED) is 0.0261. The third-order valence-electron chi connectivity index (χ3n) is 13.1. The van der Waals surface area contributed by atoms with Crippen LogP contribution >= 0.6 is 0 Å². The molecule has 1 unspecified atom stereocenters. The summed E-state index contributed by atoms with van der Waals surface area (Å²) in [6, 6.07) is 0. The number of ether oxygens (including phenoxy) is 3. The van der Waals surface area contributed by atoms with E-state index in [2.05, 4.69) is 167 Å². The van der Waals surface area contributed by atoms with Crippen molar-refractivity contribution >= 4 is 17.9 Å². The summed E-state index contributed by atoms with van der Waals surface area (Å²) in [4.78, 5) is 38.3. The number of rotatable bonds is 56. The van der Waals surface area contributed by atoms with Crippen molar-refractivity contribution in [3.8, 4) is 0 Å². The van der Waals surface area contributed by atoms with Gasteiger partial charge in [-0.3, -0.25) is 14.4 Å². The van der Waals surface area contributed by atoms with Crippen LogP contribution in [0.15, 0.2) is 146 Å². The summed E-state index contributed by atoms with van der Waals surface area (Å²) in [7, 11) is 0. The van der Waals surface area contributed by atoms with Gasteiger partial charge < -0.3 is 14.2 Å². The van der Waals surface area contributed by atoms with E-state index in [4.69, 9.17) is 14.2 Å². The molecule has 0 saturated heterocycles. The van der Waals surface area contributed by atoms with Crippen LogP contribution in [0.2, 0.25) is 0 Å². The highest BCUT2D eigenvalue weighted by Gasteiger charge is 2.19. The Labute approximate surface area is 480 Å². The highest BCUT2D eigenvalue weighted by atomic mass is 16.6. The molecule has 0 N–H and O–H groups in total. The van der Waals surface area contributed by atoms with Gasteiger partial charge in [0, 0.05) is 19.3 Å². The number of hydrogen-bond acceptors (Lipinski definition) is 6. The van der Waals surface area contributed by atoms with Gasteiger partial charge in [0.25, 0.3) is 0 Å². The maximum atomic E-state index is 12.9. The van der Waals surface area contributed by atoms with E-state index in [1.54, 1.807) is 0 Å². The van der Waals surface area contributed by atoms with Crippen LogP contribution in [-0.2, 0) is 28.6 Å². The molecule has 0 aromatic heterocycles. The van der Waals surface area contributed by atoms with E-state index >= 15 is 0 Å². The van der Waals surface area contributed by atoms with Crippen molar-refractivity contribution in [2.24, 2.45) is 0 Å². The zero-order valence-electron chi connectivity index (χ0n) is 50.4. The standard InChI is InChI=1S/C72H116O6/c1-4-7-10-13-16-19-22-25-28-31-34-36-38-41-44-47-50-53-56-59-62-65-71(74)77-68-69(67-76-70(73)64-61-58-55-52-49-46-43-40-33-30-27-24-21-18-15-12-9-6-3)78-72(75)66-63-60-57-54-51-48-45-42-39-37-35-32-29-26-23-20-17-14-11-8-5-2/h7-8,10-11,16-17,19-20,25-26,28-29,34-37,41-42,44-45,50-51,53-54,69H,4-6,9,12-15,18,21-24,27,30-33,38-40,43,46-49,52,55-68H2,1-3H3/b10-7-,11-8-,19-16-,20-17-,28-25-,29-26-,36-34-,37-35-,44-41-,45-42-,53-50-,54-51-. The van der Waals surface area contributed by atoms with Crippen LogP contribution in [0, 0.1) is 0 Å². The lowest BCUT2D eigenvalue weighted by Gasteiger charge is -2.18. The van der Waals surface area contributed by atoms with E-state index in [1.165, 1.54) is 96.3 Å². The van der Waals surface area contributed by atoms with E-state index in [0.717, 1.165) is 122 Å². The molecule has 0 saturated carbocycles. The van der Waals surface area contributed by atoms with Gasteiger partial charge in [0.05, 0.1) is 0 Å². The average Bonchev–Trinajstić information content (AvgIpc) is 3.44. The molecule has 0 radical (unpaired) electrons. The van der Waals surface area contributed by atoms with Gasteiger partial charge in [-0.2, -0.15) is 0 Å². The third-order valence-corrected chi connectivity index (χ3v) is 13.1. The predicted molar refractivity (Wildman–Crippen MR) is 339 cm³/mol. The fourth-order valence-electron chi connectivity index (χ4n) is 8.39. The van der Waals surface area contributed by atoms with Crippen LogP contribution < -0.4 is 0 Å². The normalized spacial score (nSPS) is 13.1. The minimum atomic E-state index is -0.826. The first-order chi connectivity index (χ1) is 38.5. The van der Waals surface area contributed by atoms with E-state index < -0.39 is 6.10 Å². The summed E-state index contributed by atoms with van der Waals surface area (Å²) in [5.74, 6) is -1.00. The van der Waals surface area contributed by atoms with E-state index in [9.17, 15) is 14.4 Å². The summed E-state index contributed by atoms with van der Waals surface area (Å²) in [5, 5.41) is 0. The van der Waals surface area contributed by atoms with Gasteiger partial charge in [0.2, 0.25) is 0 Å². The van der Waals surface area contributed by atoms with Crippen molar-refractivity contribution in [3.05, 3.63) is 146 Å². The highest BCUT2D eigenvalue weighted by Crippen LogP contribution is 2.16. The first-order valence-corrected chi connectivity index (χ1v) is 31.8. The molecule has 0 aromatic rings. The second kappa shape index (κ2) is 64.8. The molecule has 440 valence electrons. The molecule has 0 aliphatic carbocycles. The first kappa shape index (κ1) is 73.3. The Morgan fingerprint density at radius 3 is 0.782 bits per heavy atom. The highest BCUT2D eigenvalue weighted by molar-refractivity contribution is 5.71. The zero-order valence-corrected chi connectivity index (χ0v) is 50.4. The van der Waals surface area contributed by atoms with Crippen molar-refractivity contribution in [1.29, 1.82) is 0 Å². The molecule has 0 aliphatic rings. The predicted octanol–water partition coefficient (Wildman–Crippen LogP) is 21.9. The summed E-state index contributed by atoms with van der Waals surface area (Å²) in [6.45, 7) is 6.35. The van der Waals surface area contributed by atoms with Crippen molar-refractivity contribution < 1.29 is 28.6 Å². The van der Waals surface area contributed by atoms with Crippen molar-refractivity contribution in [2.75, 3.05) is 13.2 Å². The Balaban J connectivity index is 4.56. The molecule has 1 atom stereocenters. The SMILES string of the molecule is CC/C=C\C/C=C\C/C=C\C/C=C\C/C=C\C/C=C\CCCCC(=O)OCC(COC(=O)CCCCCCCCCCCCCCCCCCCC)OC(=O)CCCC/C=C\C/C=C\C/C=C\C/C=C\C/C=C\C/C=C\CC. The number of esters is 3. The Bertz CT molecular complexity index is 1710. The molecule has 0 amide bonds. The van der Waals surface area contributed by atoms with Gasteiger partial charge in [-0.15, -0.1) is 0 Å². The topological polar surface area (TPSA) is 78.9 Å². The van der Waals surface area contributed by atoms with Gasteiger partial charge in [0.15, 0.2) is 6.10 Å². The van der Waals surface area contributed by atoms with Gasteiger partial charge >= 0.3 is 17.9 Å². The van der Waals surface area contributed by atoms with Crippen LogP contribution in [0.4, 0.5) is 0 Å². The van der Waals surface area contributed by atoms with Gasteiger partial charge in [-0.1, -0.05) is 276 Å². The number of unbranched alkanes of at least 4 members (excludes halogenated alkanes) is 21. The monoisotopic (exact) mass is 1080 g/mol. The van der Waals surface area contributed by atoms with Crippen LogP contribution in [-0.4, -0.2) is 37.2 Å². The zero-order chi connectivity index (χ0) is 56.4. The van der Waals surface area contributed by atoms with Crippen molar-refractivity contribution in [2.45, 2.75) is 277 Å². The van der Waals surface area contributed by atoms with Crippen molar-refractivity contribution in [1.82, 2.24) is 0 Å². The molecule has 0 heterocycles. The maximum Gasteiger partial charge on any atom is 0.306 e. The van der Waals surface area contributed by atoms with E-state index in [0.29, 0.717) is 19.3 Å². The number of allylic oxidation sites excluding steroid dienone is 24. The second-order valence-electron chi connectivity index (χ2n) is 20.6. The smallest absolute Gasteiger partial charge is 0.306 e.